The van der Waals surface area contributed by atoms with E-state index in [9.17, 15) is 14.4 Å². The van der Waals surface area contributed by atoms with Crippen LogP contribution in [0.15, 0.2) is 24.4 Å². The Bertz CT molecular complexity index is 851. The maximum Gasteiger partial charge on any atom is 0.254 e. The average Bonchev–Trinajstić information content (AvgIpc) is 3.47. The van der Waals surface area contributed by atoms with Gasteiger partial charge in [0, 0.05) is 17.8 Å². The van der Waals surface area contributed by atoms with Crippen molar-refractivity contribution in [2.75, 3.05) is 0 Å². The van der Waals surface area contributed by atoms with Gasteiger partial charge in [-0.1, -0.05) is 12.1 Å². The first-order valence-corrected chi connectivity index (χ1v) is 8.60. The van der Waals surface area contributed by atoms with Crippen molar-refractivity contribution >= 4 is 5.91 Å². The average molecular weight is 341 g/mol. The second kappa shape index (κ2) is 5.88. The lowest BCUT2D eigenvalue weighted by Crippen LogP contribution is -2.48. The molecule has 0 saturated heterocycles. The molecule has 0 radical (unpaired) electrons. The molecule has 0 bridgehead atoms. The first-order chi connectivity index (χ1) is 12.0. The van der Waals surface area contributed by atoms with Gasteiger partial charge in [0.25, 0.3) is 5.91 Å². The monoisotopic (exact) mass is 341 g/mol. The summed E-state index contributed by atoms with van der Waals surface area (Å²) in [6, 6.07) is 4.75. The summed E-state index contributed by atoms with van der Waals surface area (Å²) in [5.41, 5.74) is 3.67. The molecule has 1 saturated carbocycles. The number of aromatic nitrogens is 2. The molecule has 4 rings (SSSR count). The lowest BCUT2D eigenvalue weighted by Gasteiger charge is -2.37. The van der Waals surface area contributed by atoms with Crippen LogP contribution in [0.1, 0.15) is 53.4 Å². The van der Waals surface area contributed by atoms with E-state index in [0.717, 1.165) is 29.9 Å². The molecule has 0 aliphatic heterocycles. The SMILES string of the molecule is Cc1c(F)cccc1C1(C(=O)NO)CCc2nc(C3CC3)ncc2C1. The molecule has 1 fully saturated rings. The quantitative estimate of drug-likeness (QED) is 0.665. The molecule has 1 aromatic heterocycles. The van der Waals surface area contributed by atoms with Crippen LogP contribution in [-0.2, 0) is 23.1 Å². The van der Waals surface area contributed by atoms with Crippen LogP contribution < -0.4 is 5.48 Å². The van der Waals surface area contributed by atoms with E-state index in [4.69, 9.17) is 0 Å². The Morgan fingerprint density at radius 3 is 2.92 bits per heavy atom. The van der Waals surface area contributed by atoms with Gasteiger partial charge in [0.15, 0.2) is 0 Å². The predicted molar refractivity (Wildman–Crippen MR) is 88.8 cm³/mol. The summed E-state index contributed by atoms with van der Waals surface area (Å²) >= 11 is 0. The molecule has 1 aromatic carbocycles. The van der Waals surface area contributed by atoms with Crippen molar-refractivity contribution in [2.24, 2.45) is 0 Å². The topological polar surface area (TPSA) is 75.1 Å². The van der Waals surface area contributed by atoms with Gasteiger partial charge in [0.05, 0.1) is 5.41 Å². The molecule has 2 N–H and O–H groups in total. The highest BCUT2D eigenvalue weighted by atomic mass is 19.1. The summed E-state index contributed by atoms with van der Waals surface area (Å²) in [5.74, 6) is 0.495. The van der Waals surface area contributed by atoms with Crippen molar-refractivity contribution in [3.63, 3.8) is 0 Å². The maximum absolute atomic E-state index is 14.1. The summed E-state index contributed by atoms with van der Waals surface area (Å²) in [7, 11) is 0. The maximum atomic E-state index is 14.1. The molecule has 2 aliphatic carbocycles. The largest absolute Gasteiger partial charge is 0.289 e. The van der Waals surface area contributed by atoms with Crippen LogP contribution in [-0.4, -0.2) is 21.1 Å². The van der Waals surface area contributed by atoms with Gasteiger partial charge in [0.2, 0.25) is 0 Å². The van der Waals surface area contributed by atoms with E-state index in [-0.39, 0.29) is 5.82 Å². The number of fused-ring (bicyclic) bond motifs is 1. The number of amides is 1. The second-order valence-corrected chi connectivity index (χ2v) is 7.09. The normalized spacial score (nSPS) is 22.4. The zero-order valence-corrected chi connectivity index (χ0v) is 14.1. The summed E-state index contributed by atoms with van der Waals surface area (Å²) in [4.78, 5) is 21.8. The minimum atomic E-state index is -1.02. The number of carbonyl (C=O) groups is 1. The molecule has 6 heteroatoms. The van der Waals surface area contributed by atoms with E-state index in [2.05, 4.69) is 9.97 Å². The highest BCUT2D eigenvalue weighted by Crippen LogP contribution is 2.42. The Labute approximate surface area is 145 Å². The van der Waals surface area contributed by atoms with Crippen LogP contribution in [0.4, 0.5) is 4.39 Å². The van der Waals surface area contributed by atoms with E-state index in [1.54, 1.807) is 30.7 Å². The molecule has 2 aromatic rings. The van der Waals surface area contributed by atoms with Crippen molar-refractivity contribution in [3.05, 3.63) is 58.4 Å². The fourth-order valence-electron chi connectivity index (χ4n) is 3.88. The van der Waals surface area contributed by atoms with Crippen LogP contribution >= 0.6 is 0 Å². The highest BCUT2D eigenvalue weighted by molar-refractivity contribution is 5.88. The van der Waals surface area contributed by atoms with Gasteiger partial charge in [-0.15, -0.1) is 0 Å². The minimum absolute atomic E-state index is 0.351. The molecule has 1 unspecified atom stereocenters. The number of aryl methyl sites for hydroxylation is 1. The Balaban J connectivity index is 1.79. The molecular weight excluding hydrogens is 321 g/mol. The van der Waals surface area contributed by atoms with Crippen LogP contribution in [0.25, 0.3) is 0 Å². The lowest BCUT2D eigenvalue weighted by molar-refractivity contribution is -0.135. The highest BCUT2D eigenvalue weighted by Gasteiger charge is 2.45. The number of nitrogens with zero attached hydrogens (tertiary/aromatic N) is 2. The van der Waals surface area contributed by atoms with Crippen molar-refractivity contribution in [1.82, 2.24) is 15.4 Å². The van der Waals surface area contributed by atoms with Gasteiger partial charge in [-0.25, -0.2) is 19.8 Å². The Hall–Kier alpha value is -2.34. The van der Waals surface area contributed by atoms with Crippen LogP contribution in [0, 0.1) is 12.7 Å². The molecule has 0 spiro atoms. The van der Waals surface area contributed by atoms with Crippen molar-refractivity contribution < 1.29 is 14.4 Å². The first-order valence-electron chi connectivity index (χ1n) is 8.60. The summed E-state index contributed by atoms with van der Waals surface area (Å²) in [5, 5.41) is 9.32. The van der Waals surface area contributed by atoms with Crippen molar-refractivity contribution in [2.45, 2.75) is 50.4 Å². The molecule has 1 atom stereocenters. The molecule has 5 nitrogen and oxygen atoms in total. The van der Waals surface area contributed by atoms with Gasteiger partial charge in [-0.2, -0.15) is 0 Å². The number of hydrogen-bond acceptors (Lipinski definition) is 4. The first kappa shape index (κ1) is 16.1. The zero-order valence-electron chi connectivity index (χ0n) is 14.1. The summed E-state index contributed by atoms with van der Waals surface area (Å²) in [6.07, 6.45) is 5.49. The Kier molecular flexibility index (Phi) is 3.80. The Morgan fingerprint density at radius 2 is 2.20 bits per heavy atom. The minimum Gasteiger partial charge on any atom is -0.289 e. The third kappa shape index (κ3) is 2.61. The number of nitrogens with one attached hydrogen (secondary N) is 1. The molecule has 2 aliphatic rings. The Morgan fingerprint density at radius 1 is 1.40 bits per heavy atom. The number of carbonyl (C=O) groups excluding carboxylic acids is 1. The molecule has 130 valence electrons. The number of hydrogen-bond donors (Lipinski definition) is 2. The number of rotatable bonds is 3. The smallest absolute Gasteiger partial charge is 0.254 e. The number of benzene rings is 1. The third-order valence-corrected chi connectivity index (χ3v) is 5.52. The van der Waals surface area contributed by atoms with E-state index < -0.39 is 11.3 Å². The van der Waals surface area contributed by atoms with Crippen molar-refractivity contribution in [3.8, 4) is 0 Å². The standard InChI is InChI=1S/C19H20FN3O2/c1-11-14(3-2-4-15(11)20)19(18(24)23-25)8-7-16-13(9-19)10-21-17(22-16)12-5-6-12/h2-4,10,12,25H,5-9H2,1H3,(H,23,24). The van der Waals surface area contributed by atoms with E-state index in [0.29, 0.717) is 36.3 Å². The van der Waals surface area contributed by atoms with E-state index in [1.165, 1.54) is 6.07 Å². The van der Waals surface area contributed by atoms with Gasteiger partial charge < -0.3 is 0 Å². The molecular formula is C19H20FN3O2. The second-order valence-electron chi connectivity index (χ2n) is 7.09. The fourth-order valence-corrected chi connectivity index (χ4v) is 3.88. The number of hydroxylamine groups is 1. The van der Waals surface area contributed by atoms with Gasteiger partial charge in [-0.3, -0.25) is 10.0 Å². The summed E-state index contributed by atoms with van der Waals surface area (Å²) < 4.78 is 14.1. The van der Waals surface area contributed by atoms with Gasteiger partial charge in [-0.05, 0) is 61.8 Å². The van der Waals surface area contributed by atoms with Gasteiger partial charge >= 0.3 is 0 Å². The number of halogens is 1. The van der Waals surface area contributed by atoms with E-state index >= 15 is 0 Å². The fraction of sp³-hybridized carbons (Fsp3) is 0.421. The third-order valence-electron chi connectivity index (χ3n) is 5.52. The van der Waals surface area contributed by atoms with Crippen LogP contribution in [0.5, 0.6) is 0 Å². The zero-order chi connectivity index (χ0) is 17.6. The van der Waals surface area contributed by atoms with Gasteiger partial charge in [0.1, 0.15) is 11.6 Å². The van der Waals surface area contributed by atoms with Crippen molar-refractivity contribution in [1.29, 1.82) is 0 Å². The summed E-state index contributed by atoms with van der Waals surface area (Å²) in [6.45, 7) is 1.67. The molecule has 25 heavy (non-hydrogen) atoms. The van der Waals surface area contributed by atoms with Crippen LogP contribution in [0.3, 0.4) is 0 Å². The van der Waals surface area contributed by atoms with Crippen LogP contribution in [0.2, 0.25) is 0 Å². The lowest BCUT2D eigenvalue weighted by atomic mass is 9.67. The molecule has 1 amide bonds. The predicted octanol–water partition coefficient (Wildman–Crippen LogP) is 2.73. The van der Waals surface area contributed by atoms with E-state index in [1.807, 2.05) is 0 Å². The molecule has 1 heterocycles.